The molecule has 2 aliphatic rings. The van der Waals surface area contributed by atoms with Crippen LogP contribution in [-0.2, 0) is 4.79 Å². The number of nitrogens with zero attached hydrogens (tertiary/aromatic N) is 1. The van der Waals surface area contributed by atoms with Crippen molar-refractivity contribution >= 4 is 17.7 Å². The summed E-state index contributed by atoms with van der Waals surface area (Å²) in [6, 6.07) is 4.61. The van der Waals surface area contributed by atoms with Crippen LogP contribution >= 0.6 is 0 Å². The van der Waals surface area contributed by atoms with Crippen molar-refractivity contribution in [3.8, 4) is 0 Å². The summed E-state index contributed by atoms with van der Waals surface area (Å²) < 4.78 is 13.9. The van der Waals surface area contributed by atoms with Crippen LogP contribution in [0.3, 0.4) is 0 Å². The van der Waals surface area contributed by atoms with E-state index in [9.17, 15) is 14.0 Å². The predicted octanol–water partition coefficient (Wildman–Crippen LogP) is 2.58. The van der Waals surface area contributed by atoms with Gasteiger partial charge in [-0.1, -0.05) is 12.1 Å². The molecule has 0 saturated heterocycles. The Morgan fingerprint density at radius 2 is 2.04 bits per heavy atom. The predicted molar refractivity (Wildman–Crippen MR) is 92.0 cm³/mol. The molecule has 0 radical (unpaired) electrons. The summed E-state index contributed by atoms with van der Waals surface area (Å²) in [5.41, 5.74) is 0.639. The van der Waals surface area contributed by atoms with Crippen molar-refractivity contribution in [2.45, 2.75) is 44.7 Å². The standard InChI is InChI=1S/C18H24FN3O3/c1-11-3-2-4-15(17(11)19)21-18(25)20-13-7-14(8-13)22(10-16(23)24)9-12-5-6-12/h2-4,12-14H,5-10H2,1H3,(H,23,24)(H2,20,21,25). The molecule has 2 fully saturated rings. The van der Waals surface area contributed by atoms with Crippen LogP contribution in [0.1, 0.15) is 31.2 Å². The molecule has 2 saturated carbocycles. The average Bonchev–Trinajstić information content (AvgIpc) is 3.30. The monoisotopic (exact) mass is 349 g/mol. The molecule has 0 aromatic heterocycles. The average molecular weight is 349 g/mol. The highest BCUT2D eigenvalue weighted by Crippen LogP contribution is 2.33. The van der Waals surface area contributed by atoms with E-state index in [4.69, 9.17) is 5.11 Å². The van der Waals surface area contributed by atoms with Crippen LogP contribution in [0.4, 0.5) is 14.9 Å². The Morgan fingerprint density at radius 3 is 2.68 bits per heavy atom. The second kappa shape index (κ2) is 7.39. The number of carbonyl (C=O) groups is 2. The Labute approximate surface area is 146 Å². The van der Waals surface area contributed by atoms with E-state index in [1.54, 1.807) is 19.1 Å². The molecule has 6 nitrogen and oxygen atoms in total. The zero-order valence-corrected chi connectivity index (χ0v) is 14.3. The van der Waals surface area contributed by atoms with Gasteiger partial charge >= 0.3 is 12.0 Å². The lowest BCUT2D eigenvalue weighted by atomic mass is 9.85. The maximum atomic E-state index is 13.9. The van der Waals surface area contributed by atoms with Crippen LogP contribution in [-0.4, -0.2) is 47.2 Å². The SMILES string of the molecule is Cc1cccc(NC(=O)NC2CC(N(CC(=O)O)CC3CC3)C2)c1F. The number of benzene rings is 1. The number of urea groups is 1. The molecule has 2 aliphatic carbocycles. The van der Waals surface area contributed by atoms with Gasteiger partial charge in [0.15, 0.2) is 0 Å². The number of rotatable bonds is 7. The molecule has 3 N–H and O–H groups in total. The highest BCUT2D eigenvalue weighted by Gasteiger charge is 2.37. The lowest BCUT2D eigenvalue weighted by Crippen LogP contribution is -2.55. The van der Waals surface area contributed by atoms with Gasteiger partial charge in [-0.3, -0.25) is 9.69 Å². The topological polar surface area (TPSA) is 81.7 Å². The zero-order chi connectivity index (χ0) is 18.0. The highest BCUT2D eigenvalue weighted by atomic mass is 19.1. The summed E-state index contributed by atoms with van der Waals surface area (Å²) in [6.07, 6.45) is 3.80. The third-order valence-corrected chi connectivity index (χ3v) is 4.93. The number of halogens is 1. The van der Waals surface area contributed by atoms with Gasteiger partial charge in [0.2, 0.25) is 0 Å². The Bertz CT molecular complexity index is 657. The fourth-order valence-corrected chi connectivity index (χ4v) is 3.24. The van der Waals surface area contributed by atoms with E-state index in [1.807, 2.05) is 4.90 Å². The minimum atomic E-state index is -0.815. The second-order valence-electron chi connectivity index (χ2n) is 7.12. The first kappa shape index (κ1) is 17.7. The molecule has 3 rings (SSSR count). The first-order chi connectivity index (χ1) is 11.9. The Morgan fingerprint density at radius 1 is 1.32 bits per heavy atom. The van der Waals surface area contributed by atoms with Crippen LogP contribution in [0.25, 0.3) is 0 Å². The molecule has 0 atom stereocenters. The molecular formula is C18H24FN3O3. The zero-order valence-electron chi connectivity index (χ0n) is 14.3. The number of hydrogen-bond donors (Lipinski definition) is 3. The molecule has 0 spiro atoms. The number of carboxylic acid groups (broad SMARTS) is 1. The minimum absolute atomic E-state index is 0.00614. The van der Waals surface area contributed by atoms with Gasteiger partial charge in [-0.25, -0.2) is 9.18 Å². The van der Waals surface area contributed by atoms with Crippen LogP contribution in [0, 0.1) is 18.7 Å². The normalized spacial score (nSPS) is 22.4. The molecule has 0 bridgehead atoms. The summed E-state index contributed by atoms with van der Waals surface area (Å²) in [5, 5.41) is 14.4. The molecule has 136 valence electrons. The van der Waals surface area contributed by atoms with E-state index in [0.717, 1.165) is 19.4 Å². The number of aliphatic carboxylic acids is 1. The van der Waals surface area contributed by atoms with Gasteiger partial charge in [-0.2, -0.15) is 0 Å². The largest absolute Gasteiger partial charge is 0.480 e. The number of hydrogen-bond acceptors (Lipinski definition) is 3. The Kier molecular flexibility index (Phi) is 5.22. The molecular weight excluding hydrogens is 325 g/mol. The van der Waals surface area contributed by atoms with Crippen LogP contribution < -0.4 is 10.6 Å². The summed E-state index contributed by atoms with van der Waals surface area (Å²) in [5.74, 6) is -0.620. The summed E-state index contributed by atoms with van der Waals surface area (Å²) in [7, 11) is 0. The van der Waals surface area contributed by atoms with Crippen molar-refractivity contribution in [3.63, 3.8) is 0 Å². The number of aryl methyl sites for hydroxylation is 1. The van der Waals surface area contributed by atoms with Crippen molar-refractivity contribution in [3.05, 3.63) is 29.6 Å². The van der Waals surface area contributed by atoms with E-state index >= 15 is 0 Å². The van der Waals surface area contributed by atoms with Crippen molar-refractivity contribution in [2.75, 3.05) is 18.4 Å². The molecule has 7 heteroatoms. The van der Waals surface area contributed by atoms with E-state index < -0.39 is 17.8 Å². The number of anilines is 1. The quantitative estimate of drug-likeness (QED) is 0.707. The van der Waals surface area contributed by atoms with Crippen molar-refractivity contribution in [1.82, 2.24) is 10.2 Å². The van der Waals surface area contributed by atoms with Crippen molar-refractivity contribution in [1.29, 1.82) is 0 Å². The summed E-state index contributed by atoms with van der Waals surface area (Å²) in [4.78, 5) is 25.1. The molecule has 1 aromatic carbocycles. The molecule has 0 heterocycles. The van der Waals surface area contributed by atoms with E-state index in [-0.39, 0.29) is 24.3 Å². The fraction of sp³-hybridized carbons (Fsp3) is 0.556. The maximum absolute atomic E-state index is 13.9. The highest BCUT2D eigenvalue weighted by molar-refractivity contribution is 5.89. The smallest absolute Gasteiger partial charge is 0.319 e. The van der Waals surface area contributed by atoms with Crippen molar-refractivity contribution in [2.24, 2.45) is 5.92 Å². The molecule has 25 heavy (non-hydrogen) atoms. The van der Waals surface area contributed by atoms with Gasteiger partial charge in [0.1, 0.15) is 5.82 Å². The second-order valence-corrected chi connectivity index (χ2v) is 7.12. The number of amides is 2. The summed E-state index contributed by atoms with van der Waals surface area (Å²) >= 11 is 0. The van der Waals surface area contributed by atoms with Gasteiger partial charge in [0.25, 0.3) is 0 Å². The fourth-order valence-electron chi connectivity index (χ4n) is 3.24. The number of carbonyl (C=O) groups excluding carboxylic acids is 1. The maximum Gasteiger partial charge on any atom is 0.319 e. The number of carboxylic acids is 1. The molecule has 0 aliphatic heterocycles. The van der Waals surface area contributed by atoms with Crippen molar-refractivity contribution < 1.29 is 19.1 Å². The third kappa shape index (κ3) is 4.69. The van der Waals surface area contributed by atoms with Gasteiger partial charge in [-0.05, 0) is 50.2 Å². The van der Waals surface area contributed by atoms with Gasteiger partial charge < -0.3 is 15.7 Å². The lowest BCUT2D eigenvalue weighted by Gasteiger charge is -2.42. The summed E-state index contributed by atoms with van der Waals surface area (Å²) in [6.45, 7) is 2.52. The first-order valence-corrected chi connectivity index (χ1v) is 8.71. The van der Waals surface area contributed by atoms with E-state index in [2.05, 4.69) is 10.6 Å². The number of nitrogens with one attached hydrogen (secondary N) is 2. The van der Waals surface area contributed by atoms with Gasteiger partial charge in [0, 0.05) is 18.6 Å². The van der Waals surface area contributed by atoms with Crippen LogP contribution in [0.5, 0.6) is 0 Å². The third-order valence-electron chi connectivity index (χ3n) is 4.93. The van der Waals surface area contributed by atoms with E-state index in [0.29, 0.717) is 11.5 Å². The van der Waals surface area contributed by atoms with Crippen LogP contribution in [0.2, 0.25) is 0 Å². The van der Waals surface area contributed by atoms with Gasteiger partial charge in [-0.15, -0.1) is 0 Å². The van der Waals surface area contributed by atoms with E-state index in [1.165, 1.54) is 18.9 Å². The Hall–Kier alpha value is -2.15. The lowest BCUT2D eigenvalue weighted by molar-refractivity contribution is -0.139. The Balaban J connectivity index is 1.46. The minimum Gasteiger partial charge on any atom is -0.480 e. The molecule has 1 aromatic rings. The molecule has 2 amide bonds. The molecule has 0 unspecified atom stereocenters. The first-order valence-electron chi connectivity index (χ1n) is 8.71. The van der Waals surface area contributed by atoms with Gasteiger partial charge in [0.05, 0.1) is 12.2 Å². The van der Waals surface area contributed by atoms with Crippen LogP contribution in [0.15, 0.2) is 18.2 Å².